The predicted molar refractivity (Wildman–Crippen MR) is 83.4 cm³/mol. The average Bonchev–Trinajstić information content (AvgIpc) is 2.93. The monoisotopic (exact) mass is 306 g/mol. The first-order chi connectivity index (χ1) is 10.1. The summed E-state index contributed by atoms with van der Waals surface area (Å²) in [5, 5.41) is 24.4. The minimum absolute atomic E-state index is 0.108. The molecule has 2 rings (SSSR count). The summed E-state index contributed by atoms with van der Waals surface area (Å²) in [6, 6.07) is 5.41. The van der Waals surface area contributed by atoms with Gasteiger partial charge in [0.05, 0.1) is 16.5 Å². The second kappa shape index (κ2) is 6.73. The molecule has 2 aromatic rings. The Morgan fingerprint density at radius 2 is 2.14 bits per heavy atom. The molecule has 0 saturated carbocycles. The number of hydrogen-bond donors (Lipinski definition) is 1. The lowest BCUT2D eigenvalue weighted by Crippen LogP contribution is -2.19. The summed E-state index contributed by atoms with van der Waals surface area (Å²) in [6.45, 7) is 6.69. The van der Waals surface area contributed by atoms with E-state index in [1.807, 2.05) is 6.92 Å². The molecular formula is C14H18N4O2S. The second-order valence-corrected chi connectivity index (χ2v) is 5.70. The van der Waals surface area contributed by atoms with Gasteiger partial charge in [-0.3, -0.25) is 10.1 Å². The van der Waals surface area contributed by atoms with Gasteiger partial charge in [-0.2, -0.15) is 0 Å². The summed E-state index contributed by atoms with van der Waals surface area (Å²) in [4.78, 5) is 10.9. The Hall–Kier alpha value is -1.86. The zero-order valence-electron chi connectivity index (χ0n) is 12.3. The van der Waals surface area contributed by atoms with Gasteiger partial charge in [0.25, 0.3) is 5.69 Å². The minimum Gasteiger partial charge on any atom is -0.308 e. The van der Waals surface area contributed by atoms with Gasteiger partial charge in [0.2, 0.25) is 0 Å². The number of para-hydroxylation sites is 1. The Bertz CT molecular complexity index is 642. The number of nitrogens with zero attached hydrogens (tertiary/aromatic N) is 3. The molecule has 1 N–H and O–H groups in total. The molecule has 1 aromatic heterocycles. The van der Waals surface area contributed by atoms with Crippen LogP contribution in [0.4, 0.5) is 5.69 Å². The maximum atomic E-state index is 11.3. The SMILES string of the molecule is CCNC(CC)c1nnc(-c2cccc(C)c2[N+](=O)[O-])s1. The Kier molecular flexibility index (Phi) is 4.98. The predicted octanol–water partition coefficient (Wildman–Crippen LogP) is 3.48. The fourth-order valence-electron chi connectivity index (χ4n) is 2.21. The van der Waals surface area contributed by atoms with Gasteiger partial charge in [-0.15, -0.1) is 10.2 Å². The number of aryl methyl sites for hydroxylation is 1. The van der Waals surface area contributed by atoms with Crippen LogP contribution in [0.5, 0.6) is 0 Å². The van der Waals surface area contributed by atoms with E-state index < -0.39 is 0 Å². The third-order valence-corrected chi connectivity index (χ3v) is 4.32. The molecule has 0 saturated heterocycles. The Balaban J connectivity index is 2.43. The van der Waals surface area contributed by atoms with Crippen LogP contribution >= 0.6 is 11.3 Å². The van der Waals surface area contributed by atoms with Crippen molar-refractivity contribution in [1.82, 2.24) is 15.5 Å². The molecule has 1 unspecified atom stereocenters. The third kappa shape index (κ3) is 3.25. The molecule has 1 aromatic carbocycles. The number of nitro benzene ring substituents is 1. The lowest BCUT2D eigenvalue weighted by atomic mass is 10.1. The molecule has 1 atom stereocenters. The van der Waals surface area contributed by atoms with Crippen LogP contribution < -0.4 is 5.32 Å². The number of hydrogen-bond acceptors (Lipinski definition) is 6. The fourth-order valence-corrected chi connectivity index (χ4v) is 3.24. The van der Waals surface area contributed by atoms with Crippen LogP contribution in [0.3, 0.4) is 0 Å². The van der Waals surface area contributed by atoms with Gasteiger partial charge in [0.1, 0.15) is 5.01 Å². The zero-order valence-corrected chi connectivity index (χ0v) is 13.1. The first-order valence-electron chi connectivity index (χ1n) is 6.89. The minimum atomic E-state index is -0.354. The molecule has 0 aliphatic carbocycles. The summed E-state index contributed by atoms with van der Waals surface area (Å²) in [5.74, 6) is 0. The molecule has 112 valence electrons. The molecule has 21 heavy (non-hydrogen) atoms. The molecule has 0 fully saturated rings. The Morgan fingerprint density at radius 3 is 2.76 bits per heavy atom. The van der Waals surface area contributed by atoms with Gasteiger partial charge < -0.3 is 5.32 Å². The van der Waals surface area contributed by atoms with Crippen molar-refractivity contribution in [3.05, 3.63) is 38.9 Å². The van der Waals surface area contributed by atoms with Crippen LogP contribution in [0.2, 0.25) is 0 Å². The van der Waals surface area contributed by atoms with Crippen LogP contribution in [0, 0.1) is 17.0 Å². The highest BCUT2D eigenvalue weighted by Gasteiger charge is 2.22. The van der Waals surface area contributed by atoms with E-state index in [0.717, 1.165) is 18.0 Å². The van der Waals surface area contributed by atoms with Gasteiger partial charge in [-0.05, 0) is 26.0 Å². The second-order valence-electron chi connectivity index (χ2n) is 4.69. The summed E-state index contributed by atoms with van der Waals surface area (Å²) in [6.07, 6.45) is 0.901. The number of benzene rings is 1. The van der Waals surface area contributed by atoms with Gasteiger partial charge in [-0.25, -0.2) is 0 Å². The van der Waals surface area contributed by atoms with Gasteiger partial charge >= 0.3 is 0 Å². The first-order valence-corrected chi connectivity index (χ1v) is 7.71. The first kappa shape index (κ1) is 15.5. The zero-order chi connectivity index (χ0) is 15.4. The van der Waals surface area contributed by atoms with Crippen LogP contribution in [0.15, 0.2) is 18.2 Å². The number of nitrogens with one attached hydrogen (secondary N) is 1. The standard InChI is InChI=1S/C14H18N4O2S/c1-4-11(15-5-2)14-17-16-13(21-14)10-8-6-7-9(3)12(10)18(19)20/h6-8,11,15H,4-5H2,1-3H3. The Morgan fingerprint density at radius 1 is 1.38 bits per heavy atom. The van der Waals surface area contributed by atoms with Crippen molar-refractivity contribution in [2.75, 3.05) is 6.54 Å². The Labute approximate surface area is 127 Å². The van der Waals surface area contributed by atoms with E-state index in [-0.39, 0.29) is 16.7 Å². The molecule has 7 heteroatoms. The molecule has 6 nitrogen and oxygen atoms in total. The maximum absolute atomic E-state index is 11.3. The highest BCUT2D eigenvalue weighted by Crippen LogP contribution is 2.35. The van der Waals surface area contributed by atoms with E-state index in [4.69, 9.17) is 0 Å². The maximum Gasteiger partial charge on any atom is 0.282 e. The van der Waals surface area contributed by atoms with Crippen molar-refractivity contribution < 1.29 is 4.92 Å². The average molecular weight is 306 g/mol. The molecule has 0 radical (unpaired) electrons. The summed E-state index contributed by atoms with van der Waals surface area (Å²) < 4.78 is 0. The van der Waals surface area contributed by atoms with Crippen molar-refractivity contribution in [2.45, 2.75) is 33.2 Å². The highest BCUT2D eigenvalue weighted by atomic mass is 32.1. The molecule has 0 spiro atoms. The lowest BCUT2D eigenvalue weighted by molar-refractivity contribution is -0.384. The van der Waals surface area contributed by atoms with E-state index in [2.05, 4.69) is 22.4 Å². The summed E-state index contributed by atoms with van der Waals surface area (Å²) in [7, 11) is 0. The number of nitro groups is 1. The lowest BCUT2D eigenvalue weighted by Gasteiger charge is -2.10. The smallest absolute Gasteiger partial charge is 0.282 e. The third-order valence-electron chi connectivity index (χ3n) is 3.25. The van der Waals surface area contributed by atoms with Gasteiger partial charge in [0, 0.05) is 5.56 Å². The van der Waals surface area contributed by atoms with Gasteiger partial charge in [-0.1, -0.05) is 37.3 Å². The van der Waals surface area contributed by atoms with Crippen LogP contribution in [0.25, 0.3) is 10.6 Å². The molecule has 1 heterocycles. The summed E-state index contributed by atoms with van der Waals surface area (Å²) >= 11 is 1.41. The van der Waals surface area contributed by atoms with E-state index in [1.165, 1.54) is 11.3 Å². The van der Waals surface area contributed by atoms with Crippen LogP contribution in [-0.2, 0) is 0 Å². The quantitative estimate of drug-likeness (QED) is 0.652. The van der Waals surface area contributed by atoms with Crippen molar-refractivity contribution in [1.29, 1.82) is 0 Å². The van der Waals surface area contributed by atoms with Crippen molar-refractivity contribution in [3.63, 3.8) is 0 Å². The fraction of sp³-hybridized carbons (Fsp3) is 0.429. The molecule has 0 aliphatic heterocycles. The molecule has 0 amide bonds. The normalized spacial score (nSPS) is 12.3. The number of rotatable bonds is 6. The molecule has 0 bridgehead atoms. The van der Waals surface area contributed by atoms with Crippen molar-refractivity contribution in [3.8, 4) is 10.6 Å². The van der Waals surface area contributed by atoms with E-state index in [9.17, 15) is 10.1 Å². The highest BCUT2D eigenvalue weighted by molar-refractivity contribution is 7.14. The largest absolute Gasteiger partial charge is 0.308 e. The van der Waals surface area contributed by atoms with E-state index in [1.54, 1.807) is 25.1 Å². The molecular weight excluding hydrogens is 288 g/mol. The number of aromatic nitrogens is 2. The van der Waals surface area contributed by atoms with Crippen LogP contribution in [0.1, 0.15) is 36.9 Å². The molecule has 0 aliphatic rings. The topological polar surface area (TPSA) is 81.0 Å². The summed E-state index contributed by atoms with van der Waals surface area (Å²) in [5.41, 5.74) is 1.28. The van der Waals surface area contributed by atoms with Gasteiger partial charge in [0.15, 0.2) is 5.01 Å². The van der Waals surface area contributed by atoms with E-state index in [0.29, 0.717) is 16.1 Å². The van der Waals surface area contributed by atoms with Crippen molar-refractivity contribution >= 4 is 17.0 Å². The van der Waals surface area contributed by atoms with E-state index >= 15 is 0 Å². The van der Waals surface area contributed by atoms with Crippen LogP contribution in [-0.4, -0.2) is 21.7 Å². The van der Waals surface area contributed by atoms with Crippen molar-refractivity contribution in [2.24, 2.45) is 0 Å².